The van der Waals surface area contributed by atoms with E-state index in [4.69, 9.17) is 0 Å². The summed E-state index contributed by atoms with van der Waals surface area (Å²) in [4.78, 5) is 0. The second-order valence-electron chi connectivity index (χ2n) is 4.84. The van der Waals surface area contributed by atoms with Crippen LogP contribution in [-0.2, 0) is 5.75 Å². The van der Waals surface area contributed by atoms with Crippen molar-refractivity contribution in [3.8, 4) is 0 Å². The summed E-state index contributed by atoms with van der Waals surface area (Å²) in [5.41, 5.74) is 4.92. The van der Waals surface area contributed by atoms with Crippen molar-refractivity contribution in [2.45, 2.75) is 38.1 Å². The second-order valence-corrected chi connectivity index (χ2v) is 6.00. The molecule has 0 spiro atoms. The topological polar surface area (TPSA) is 33.2 Å². The highest BCUT2D eigenvalue weighted by molar-refractivity contribution is 7.98. The number of nitrogens with two attached hydrogens (primary N) is 2. The molecule has 2 rings (SSSR count). The maximum atomic E-state index is 2.46. The van der Waals surface area contributed by atoms with Crippen LogP contribution in [0.1, 0.15) is 23.6 Å². The average molecular weight is 238 g/mol. The summed E-state index contributed by atoms with van der Waals surface area (Å²) in [6.45, 7) is 7.92. The molecule has 0 radical (unpaired) electrons. The van der Waals surface area contributed by atoms with E-state index < -0.39 is 0 Å². The third kappa shape index (κ3) is 3.00. The van der Waals surface area contributed by atoms with Crippen LogP contribution in [0.3, 0.4) is 0 Å². The number of aryl methyl sites for hydroxylation is 2. The zero-order valence-corrected chi connectivity index (χ0v) is 11.2. The zero-order chi connectivity index (χ0) is 11.5. The molecule has 1 aliphatic rings. The zero-order valence-electron chi connectivity index (χ0n) is 10.4. The Balaban J connectivity index is 1.87. The van der Waals surface area contributed by atoms with E-state index in [-0.39, 0.29) is 0 Å². The smallest absolute Gasteiger partial charge is 0.259 e. The molecule has 1 saturated heterocycles. The summed E-state index contributed by atoms with van der Waals surface area (Å²) >= 11 is 2.04. The minimum atomic E-state index is 0.664. The van der Waals surface area contributed by atoms with Crippen LogP contribution in [0.2, 0.25) is 0 Å². The molecule has 3 heteroatoms. The Labute approximate surface area is 102 Å². The molecule has 16 heavy (non-hydrogen) atoms. The van der Waals surface area contributed by atoms with Crippen molar-refractivity contribution in [1.82, 2.24) is 0 Å². The minimum absolute atomic E-state index is 0.664. The summed E-state index contributed by atoms with van der Waals surface area (Å²) in [7, 11) is 0. The minimum Gasteiger partial charge on any atom is -0.283 e. The third-order valence-corrected chi connectivity index (χ3v) is 4.51. The van der Waals surface area contributed by atoms with E-state index in [1.807, 2.05) is 11.8 Å². The van der Waals surface area contributed by atoms with Crippen LogP contribution in [0, 0.1) is 13.8 Å². The Morgan fingerprint density at radius 1 is 1.31 bits per heavy atom. The van der Waals surface area contributed by atoms with Crippen LogP contribution in [0.25, 0.3) is 0 Å². The van der Waals surface area contributed by atoms with Crippen LogP contribution >= 0.6 is 11.8 Å². The van der Waals surface area contributed by atoms with E-state index in [2.05, 4.69) is 49.6 Å². The fourth-order valence-corrected chi connectivity index (χ4v) is 3.23. The lowest BCUT2D eigenvalue weighted by Crippen LogP contribution is -3.02. The van der Waals surface area contributed by atoms with Gasteiger partial charge in [0.05, 0.1) is 0 Å². The Kier molecular flexibility index (Phi) is 3.90. The molecule has 0 aromatic heterocycles. The van der Waals surface area contributed by atoms with Gasteiger partial charge in [-0.1, -0.05) is 18.2 Å². The fourth-order valence-electron chi connectivity index (χ4n) is 2.04. The molecule has 1 aliphatic heterocycles. The third-order valence-electron chi connectivity index (χ3n) is 3.27. The maximum Gasteiger partial charge on any atom is 0.259 e. The molecule has 0 bridgehead atoms. The first-order valence-corrected chi connectivity index (χ1v) is 7.06. The molecule has 88 valence electrons. The lowest BCUT2D eigenvalue weighted by molar-refractivity contribution is -0.812. The van der Waals surface area contributed by atoms with Crippen LogP contribution < -0.4 is 10.6 Å². The van der Waals surface area contributed by atoms with E-state index in [1.165, 1.54) is 23.2 Å². The average Bonchev–Trinajstić information content (AvgIpc) is 2.66. The van der Waals surface area contributed by atoms with E-state index in [0.717, 1.165) is 11.8 Å². The molecule has 0 unspecified atom stereocenters. The standard InChI is InChI=1S/C13H20N2S/c1-9-4-5-12(6-10(9)2)8-16-13-14-7-11(3)15-13/h4-6,11,13-15H,7-8H2,1-3H3/p+2/t11-,13-/m0/s1. The molecule has 0 saturated carbocycles. The van der Waals surface area contributed by atoms with Gasteiger partial charge in [0.1, 0.15) is 12.6 Å². The molecule has 1 aromatic rings. The van der Waals surface area contributed by atoms with E-state index >= 15 is 0 Å². The molecule has 1 aromatic carbocycles. The molecular formula is C13H22N2S+2. The quantitative estimate of drug-likeness (QED) is 0.783. The number of hydrogen-bond acceptors (Lipinski definition) is 1. The Morgan fingerprint density at radius 3 is 2.75 bits per heavy atom. The highest BCUT2D eigenvalue weighted by Crippen LogP contribution is 2.16. The Bertz CT molecular complexity index is 365. The lowest BCUT2D eigenvalue weighted by atomic mass is 10.1. The van der Waals surface area contributed by atoms with Crippen molar-refractivity contribution < 1.29 is 10.6 Å². The first-order valence-electron chi connectivity index (χ1n) is 6.01. The van der Waals surface area contributed by atoms with Gasteiger partial charge in [-0.25, -0.2) is 0 Å². The summed E-state index contributed by atoms with van der Waals surface area (Å²) < 4.78 is 0. The molecule has 1 fully saturated rings. The monoisotopic (exact) mass is 238 g/mol. The van der Waals surface area contributed by atoms with Gasteiger partial charge < -0.3 is 0 Å². The van der Waals surface area contributed by atoms with Crippen molar-refractivity contribution >= 4 is 11.8 Å². The molecule has 2 nitrogen and oxygen atoms in total. The SMILES string of the molecule is Cc1ccc(CS[C@H]2[NH2+]C[C@H](C)[NH2+]2)cc1C. The molecule has 2 atom stereocenters. The van der Waals surface area contributed by atoms with Crippen LogP contribution in [0.5, 0.6) is 0 Å². The van der Waals surface area contributed by atoms with Gasteiger partial charge in [0.15, 0.2) is 0 Å². The summed E-state index contributed by atoms with van der Waals surface area (Å²) in [6.07, 6.45) is 0. The van der Waals surface area contributed by atoms with E-state index in [1.54, 1.807) is 0 Å². The van der Waals surface area contributed by atoms with Gasteiger partial charge in [-0.2, -0.15) is 0 Å². The highest BCUT2D eigenvalue weighted by atomic mass is 32.2. The van der Waals surface area contributed by atoms with Crippen molar-refractivity contribution in [3.63, 3.8) is 0 Å². The van der Waals surface area contributed by atoms with Crippen LogP contribution in [0.15, 0.2) is 18.2 Å². The van der Waals surface area contributed by atoms with E-state index in [9.17, 15) is 0 Å². The van der Waals surface area contributed by atoms with E-state index in [0.29, 0.717) is 5.50 Å². The Hall–Kier alpha value is -0.510. The number of hydrogen-bond donors (Lipinski definition) is 2. The first kappa shape index (κ1) is 12.0. The van der Waals surface area contributed by atoms with Gasteiger partial charge >= 0.3 is 0 Å². The van der Waals surface area contributed by atoms with Crippen molar-refractivity contribution in [2.75, 3.05) is 6.54 Å². The number of thioether (sulfide) groups is 1. The number of benzene rings is 1. The van der Waals surface area contributed by atoms with Gasteiger partial charge in [0, 0.05) is 5.75 Å². The Morgan fingerprint density at radius 2 is 2.12 bits per heavy atom. The molecule has 1 heterocycles. The van der Waals surface area contributed by atoms with Gasteiger partial charge in [-0.15, -0.1) is 0 Å². The second kappa shape index (κ2) is 5.21. The van der Waals surface area contributed by atoms with Gasteiger partial charge in [-0.3, -0.25) is 10.6 Å². The molecule has 4 N–H and O–H groups in total. The number of quaternary nitrogens is 2. The van der Waals surface area contributed by atoms with Crippen LogP contribution in [0.4, 0.5) is 0 Å². The normalized spacial score (nSPS) is 24.9. The predicted molar refractivity (Wildman–Crippen MR) is 69.2 cm³/mol. The van der Waals surface area contributed by atoms with Crippen LogP contribution in [-0.4, -0.2) is 18.1 Å². The van der Waals surface area contributed by atoms with Gasteiger partial charge in [-0.05, 0) is 49.2 Å². The first-order chi connectivity index (χ1) is 7.65. The van der Waals surface area contributed by atoms with Gasteiger partial charge in [0.2, 0.25) is 0 Å². The largest absolute Gasteiger partial charge is 0.283 e. The summed E-state index contributed by atoms with van der Waals surface area (Å²) in [6, 6.07) is 7.59. The highest BCUT2D eigenvalue weighted by Gasteiger charge is 2.27. The number of rotatable bonds is 3. The van der Waals surface area contributed by atoms with Crippen molar-refractivity contribution in [3.05, 3.63) is 34.9 Å². The fraction of sp³-hybridized carbons (Fsp3) is 0.538. The molecule has 0 amide bonds. The maximum absolute atomic E-state index is 2.46. The summed E-state index contributed by atoms with van der Waals surface area (Å²) in [5, 5.41) is 4.90. The molecule has 0 aliphatic carbocycles. The lowest BCUT2D eigenvalue weighted by Gasteiger charge is -2.07. The van der Waals surface area contributed by atoms with Crippen molar-refractivity contribution in [1.29, 1.82) is 0 Å². The summed E-state index contributed by atoms with van der Waals surface area (Å²) in [5.74, 6) is 1.13. The van der Waals surface area contributed by atoms with Crippen molar-refractivity contribution in [2.24, 2.45) is 0 Å². The van der Waals surface area contributed by atoms with Gasteiger partial charge in [0.25, 0.3) is 5.50 Å². The molecular weight excluding hydrogens is 216 g/mol. The predicted octanol–water partition coefficient (Wildman–Crippen LogP) is 0.349.